The van der Waals surface area contributed by atoms with Crippen molar-refractivity contribution in [2.24, 2.45) is 16.7 Å². The molecule has 1 aromatic carbocycles. The summed E-state index contributed by atoms with van der Waals surface area (Å²) in [5, 5.41) is 6.36. The molecule has 4 bridgehead atoms. The zero-order valence-corrected chi connectivity index (χ0v) is 20.1. The minimum atomic E-state index is -0.149. The Balaban J connectivity index is 1.18. The fourth-order valence-electron chi connectivity index (χ4n) is 8.09. The molecule has 5 fully saturated rings. The van der Waals surface area contributed by atoms with Crippen molar-refractivity contribution in [3.63, 3.8) is 0 Å². The summed E-state index contributed by atoms with van der Waals surface area (Å²) in [7, 11) is 0. The van der Waals surface area contributed by atoms with Gasteiger partial charge in [0.05, 0.1) is 0 Å². The van der Waals surface area contributed by atoms with Crippen LogP contribution >= 0.6 is 0 Å². The van der Waals surface area contributed by atoms with Crippen molar-refractivity contribution in [2.75, 3.05) is 31.5 Å². The van der Waals surface area contributed by atoms with Crippen LogP contribution in [0.25, 0.3) is 0 Å². The Bertz CT molecular complexity index is 948. The molecule has 1 aromatic rings. The second-order valence-electron chi connectivity index (χ2n) is 11.9. The molecule has 0 spiro atoms. The Labute approximate surface area is 196 Å². The molecule has 7 heteroatoms. The number of urea groups is 1. The van der Waals surface area contributed by atoms with Crippen LogP contribution in [0, 0.1) is 16.7 Å². The van der Waals surface area contributed by atoms with Crippen molar-refractivity contribution in [3.8, 4) is 0 Å². The van der Waals surface area contributed by atoms with E-state index in [4.69, 9.17) is 0 Å². The third-order valence-corrected chi connectivity index (χ3v) is 8.41. The van der Waals surface area contributed by atoms with Crippen LogP contribution in [0.3, 0.4) is 0 Å². The smallest absolute Gasteiger partial charge is 0.319 e. The molecule has 4 atom stereocenters. The van der Waals surface area contributed by atoms with Crippen molar-refractivity contribution >= 4 is 23.5 Å². The Kier molecular flexibility index (Phi) is 5.22. The lowest BCUT2D eigenvalue weighted by atomic mass is 9.43. The van der Waals surface area contributed by atoms with Crippen molar-refractivity contribution < 1.29 is 14.4 Å². The maximum Gasteiger partial charge on any atom is 0.319 e. The van der Waals surface area contributed by atoms with Gasteiger partial charge in [0.2, 0.25) is 5.91 Å². The lowest BCUT2D eigenvalue weighted by Crippen LogP contribution is -2.65. The summed E-state index contributed by atoms with van der Waals surface area (Å²) in [6, 6.07) is 6.97. The maximum atomic E-state index is 12.9. The molecule has 0 aromatic heterocycles. The number of carbonyl (C=O) groups is 3. The minimum absolute atomic E-state index is 0.0377. The standard InChI is InChI=1S/C26H36N4O3/c1-18(31)29-8-10-30(11-9-29)22(32)20-4-6-21(7-5-20)27-23(33)28-26-14-19-12-24(2,16-26)15-25(3,13-19)17-26/h4-7,19H,8-17H2,1-3H3,(H2,27,28,33)/t19?,24-,25+,26?. The number of benzene rings is 1. The third-order valence-electron chi connectivity index (χ3n) is 8.41. The summed E-state index contributed by atoms with van der Waals surface area (Å²) < 4.78 is 0. The number of piperazine rings is 1. The largest absolute Gasteiger partial charge is 0.339 e. The van der Waals surface area contributed by atoms with Gasteiger partial charge in [0.15, 0.2) is 0 Å². The number of amides is 4. The predicted octanol–water partition coefficient (Wildman–Crippen LogP) is 3.86. The first-order valence-electron chi connectivity index (χ1n) is 12.3. The SMILES string of the molecule is CC(=O)N1CCN(C(=O)c2ccc(NC(=O)NC34CC5C[C@@](C)(C3)C[C@](C)(C5)C4)cc2)CC1. The third kappa shape index (κ3) is 4.34. The molecule has 4 amide bonds. The van der Waals surface area contributed by atoms with E-state index in [0.29, 0.717) is 48.3 Å². The average Bonchev–Trinajstić information content (AvgIpc) is 2.70. The highest BCUT2D eigenvalue weighted by Crippen LogP contribution is 2.66. The molecule has 0 radical (unpaired) electrons. The van der Waals surface area contributed by atoms with Crippen molar-refractivity contribution in [1.29, 1.82) is 0 Å². The Morgan fingerprint density at radius 3 is 1.97 bits per heavy atom. The summed E-state index contributed by atoms with van der Waals surface area (Å²) in [6.45, 7) is 8.59. The average molecular weight is 453 g/mol. The van der Waals surface area contributed by atoms with Gasteiger partial charge in [-0.2, -0.15) is 0 Å². The van der Waals surface area contributed by atoms with E-state index in [2.05, 4.69) is 24.5 Å². The van der Waals surface area contributed by atoms with E-state index in [9.17, 15) is 14.4 Å². The van der Waals surface area contributed by atoms with Crippen LogP contribution < -0.4 is 10.6 Å². The van der Waals surface area contributed by atoms with E-state index >= 15 is 0 Å². The van der Waals surface area contributed by atoms with Crippen LogP contribution in [-0.2, 0) is 4.79 Å². The Morgan fingerprint density at radius 2 is 1.42 bits per heavy atom. The fraction of sp³-hybridized carbons (Fsp3) is 0.654. The summed E-state index contributed by atoms with van der Waals surface area (Å²) in [5.74, 6) is 0.732. The first-order chi connectivity index (χ1) is 15.6. The molecule has 2 N–H and O–H groups in total. The van der Waals surface area contributed by atoms with Crippen LogP contribution in [-0.4, -0.2) is 59.4 Å². The summed E-state index contributed by atoms with van der Waals surface area (Å²) in [5.41, 5.74) is 1.88. The second-order valence-corrected chi connectivity index (χ2v) is 11.9. The van der Waals surface area contributed by atoms with Gasteiger partial charge in [-0.05, 0) is 79.5 Å². The molecule has 2 unspecified atom stereocenters. The topological polar surface area (TPSA) is 81.8 Å². The lowest BCUT2D eigenvalue weighted by Gasteiger charge is -2.65. The molecule has 1 aliphatic heterocycles. The van der Waals surface area contributed by atoms with Gasteiger partial charge >= 0.3 is 6.03 Å². The zero-order valence-electron chi connectivity index (χ0n) is 20.1. The van der Waals surface area contributed by atoms with Crippen LogP contribution in [0.15, 0.2) is 24.3 Å². The van der Waals surface area contributed by atoms with Gasteiger partial charge < -0.3 is 20.4 Å². The monoisotopic (exact) mass is 452 g/mol. The molecule has 7 nitrogen and oxygen atoms in total. The number of hydrogen-bond donors (Lipinski definition) is 2. The van der Waals surface area contributed by atoms with E-state index in [1.807, 2.05) is 0 Å². The first kappa shape index (κ1) is 22.2. The van der Waals surface area contributed by atoms with E-state index in [-0.39, 0.29) is 23.4 Å². The van der Waals surface area contributed by atoms with E-state index < -0.39 is 0 Å². The molecule has 6 rings (SSSR count). The normalized spacial score (nSPS) is 34.8. The van der Waals surface area contributed by atoms with Gasteiger partial charge in [0, 0.05) is 49.9 Å². The Morgan fingerprint density at radius 1 is 0.848 bits per heavy atom. The maximum absolute atomic E-state index is 12.9. The van der Waals surface area contributed by atoms with Crippen molar-refractivity contribution in [1.82, 2.24) is 15.1 Å². The van der Waals surface area contributed by atoms with Crippen LogP contribution in [0.1, 0.15) is 69.7 Å². The molecule has 4 aliphatic carbocycles. The molecule has 33 heavy (non-hydrogen) atoms. The summed E-state index contributed by atoms with van der Waals surface area (Å²) in [6.07, 6.45) is 7.12. The van der Waals surface area contributed by atoms with Gasteiger partial charge in [-0.15, -0.1) is 0 Å². The van der Waals surface area contributed by atoms with Crippen molar-refractivity contribution in [2.45, 2.75) is 64.8 Å². The van der Waals surface area contributed by atoms with E-state index in [1.54, 1.807) is 41.0 Å². The minimum Gasteiger partial charge on any atom is -0.339 e. The summed E-state index contributed by atoms with van der Waals surface area (Å²) >= 11 is 0. The number of nitrogens with one attached hydrogen (secondary N) is 2. The molecule has 5 aliphatic rings. The van der Waals surface area contributed by atoms with Gasteiger partial charge in [-0.25, -0.2) is 4.79 Å². The second kappa shape index (κ2) is 7.74. The van der Waals surface area contributed by atoms with Crippen molar-refractivity contribution in [3.05, 3.63) is 29.8 Å². The number of rotatable bonds is 3. The number of anilines is 1. The van der Waals surface area contributed by atoms with Crippen LogP contribution in [0.4, 0.5) is 10.5 Å². The fourth-order valence-corrected chi connectivity index (χ4v) is 8.09. The molecule has 178 valence electrons. The highest BCUT2D eigenvalue weighted by molar-refractivity contribution is 5.96. The molecular formula is C26H36N4O3. The number of nitrogens with zero attached hydrogens (tertiary/aromatic N) is 2. The number of hydrogen-bond acceptors (Lipinski definition) is 3. The molecular weight excluding hydrogens is 416 g/mol. The van der Waals surface area contributed by atoms with Gasteiger partial charge in [-0.3, -0.25) is 9.59 Å². The van der Waals surface area contributed by atoms with Gasteiger partial charge in [0.25, 0.3) is 5.91 Å². The molecule has 4 saturated carbocycles. The van der Waals surface area contributed by atoms with Gasteiger partial charge in [-0.1, -0.05) is 13.8 Å². The predicted molar refractivity (Wildman–Crippen MR) is 127 cm³/mol. The molecule has 1 saturated heterocycles. The van der Waals surface area contributed by atoms with Gasteiger partial charge in [0.1, 0.15) is 0 Å². The highest BCUT2D eigenvalue weighted by Gasteiger charge is 2.60. The lowest BCUT2D eigenvalue weighted by molar-refractivity contribution is -0.130. The van der Waals surface area contributed by atoms with E-state index in [0.717, 1.165) is 25.2 Å². The van der Waals surface area contributed by atoms with E-state index in [1.165, 1.54) is 19.3 Å². The first-order valence-corrected chi connectivity index (χ1v) is 12.3. The quantitative estimate of drug-likeness (QED) is 0.731. The Hall–Kier alpha value is -2.57. The number of carbonyl (C=O) groups excluding carboxylic acids is 3. The molecule has 1 heterocycles. The van der Waals surface area contributed by atoms with Crippen LogP contribution in [0.5, 0.6) is 0 Å². The zero-order chi connectivity index (χ0) is 23.4. The highest BCUT2D eigenvalue weighted by atomic mass is 16.2. The summed E-state index contributed by atoms with van der Waals surface area (Å²) in [4.78, 5) is 40.8. The van der Waals surface area contributed by atoms with Crippen LogP contribution in [0.2, 0.25) is 0 Å².